The summed E-state index contributed by atoms with van der Waals surface area (Å²) in [5.74, 6) is 4.26. The standard InChI is InChI=1S/C17H14F2O2/c1-12-9-13(3-2-8-20)5-7-17(12)21-11-14-4-6-15(18)16(19)10-14/h4-7,9-10,20H,8,11H2,1H3. The third kappa shape index (κ3) is 4.04. The molecule has 2 aromatic carbocycles. The molecule has 2 rings (SSSR count). The van der Waals surface area contributed by atoms with Crippen LogP contribution in [0.1, 0.15) is 16.7 Å². The van der Waals surface area contributed by atoms with Crippen LogP contribution in [0.4, 0.5) is 8.78 Å². The van der Waals surface area contributed by atoms with Gasteiger partial charge in [0.15, 0.2) is 11.6 Å². The zero-order valence-electron chi connectivity index (χ0n) is 11.5. The van der Waals surface area contributed by atoms with Crippen LogP contribution in [0.3, 0.4) is 0 Å². The number of aliphatic hydroxyl groups excluding tert-OH is 1. The Morgan fingerprint density at radius 2 is 1.90 bits per heavy atom. The van der Waals surface area contributed by atoms with Crippen LogP contribution >= 0.6 is 0 Å². The summed E-state index contributed by atoms with van der Waals surface area (Å²) >= 11 is 0. The lowest BCUT2D eigenvalue weighted by molar-refractivity contribution is 0.303. The van der Waals surface area contributed by atoms with Crippen molar-refractivity contribution in [3.05, 3.63) is 64.7 Å². The molecule has 108 valence electrons. The van der Waals surface area contributed by atoms with Crippen molar-refractivity contribution in [2.24, 2.45) is 0 Å². The number of hydrogen-bond acceptors (Lipinski definition) is 2. The summed E-state index contributed by atoms with van der Waals surface area (Å²) in [4.78, 5) is 0. The van der Waals surface area contributed by atoms with Crippen molar-refractivity contribution in [1.82, 2.24) is 0 Å². The summed E-state index contributed by atoms with van der Waals surface area (Å²) < 4.78 is 31.5. The minimum Gasteiger partial charge on any atom is -0.489 e. The highest BCUT2D eigenvalue weighted by atomic mass is 19.2. The maximum absolute atomic E-state index is 13.1. The fraction of sp³-hybridized carbons (Fsp3) is 0.176. The molecule has 0 spiro atoms. The number of hydrogen-bond donors (Lipinski definition) is 1. The SMILES string of the molecule is Cc1cc(C#CCO)ccc1OCc1ccc(F)c(F)c1. The van der Waals surface area contributed by atoms with E-state index in [1.165, 1.54) is 6.07 Å². The summed E-state index contributed by atoms with van der Waals surface area (Å²) in [5, 5.41) is 8.65. The van der Waals surface area contributed by atoms with Crippen LogP contribution in [0.15, 0.2) is 36.4 Å². The number of ether oxygens (including phenoxy) is 1. The van der Waals surface area contributed by atoms with Crippen LogP contribution in [0.5, 0.6) is 5.75 Å². The quantitative estimate of drug-likeness (QED) is 0.879. The predicted octanol–water partition coefficient (Wildman–Crippen LogP) is 3.20. The first kappa shape index (κ1) is 15.0. The van der Waals surface area contributed by atoms with Crippen molar-refractivity contribution in [2.45, 2.75) is 13.5 Å². The van der Waals surface area contributed by atoms with Gasteiger partial charge in [-0.15, -0.1) is 0 Å². The number of rotatable bonds is 3. The zero-order valence-corrected chi connectivity index (χ0v) is 11.5. The topological polar surface area (TPSA) is 29.5 Å². The van der Waals surface area contributed by atoms with Crippen molar-refractivity contribution in [3.63, 3.8) is 0 Å². The van der Waals surface area contributed by atoms with Gasteiger partial charge in [-0.2, -0.15) is 0 Å². The van der Waals surface area contributed by atoms with Gasteiger partial charge < -0.3 is 9.84 Å². The van der Waals surface area contributed by atoms with Crippen LogP contribution in [-0.2, 0) is 6.61 Å². The highest BCUT2D eigenvalue weighted by Gasteiger charge is 2.05. The van der Waals surface area contributed by atoms with Crippen LogP contribution < -0.4 is 4.74 Å². The zero-order chi connectivity index (χ0) is 15.2. The van der Waals surface area contributed by atoms with E-state index in [0.717, 1.165) is 23.3 Å². The van der Waals surface area contributed by atoms with Crippen molar-refractivity contribution < 1.29 is 18.6 Å². The average molecular weight is 288 g/mol. The average Bonchev–Trinajstić information content (AvgIpc) is 2.47. The molecule has 0 aliphatic heterocycles. The van der Waals surface area contributed by atoms with Gasteiger partial charge >= 0.3 is 0 Å². The molecule has 0 aromatic heterocycles. The smallest absolute Gasteiger partial charge is 0.159 e. The number of benzene rings is 2. The van der Waals surface area contributed by atoms with Gasteiger partial charge in [-0.1, -0.05) is 17.9 Å². The van der Waals surface area contributed by atoms with E-state index in [1.807, 2.05) is 13.0 Å². The predicted molar refractivity (Wildman–Crippen MR) is 75.8 cm³/mol. The fourth-order valence-corrected chi connectivity index (χ4v) is 1.82. The molecule has 0 bridgehead atoms. The fourth-order valence-electron chi connectivity index (χ4n) is 1.82. The van der Waals surface area contributed by atoms with Crippen molar-refractivity contribution >= 4 is 0 Å². The van der Waals surface area contributed by atoms with E-state index in [-0.39, 0.29) is 13.2 Å². The summed E-state index contributed by atoms with van der Waals surface area (Å²) in [6.07, 6.45) is 0. The Bertz CT molecular complexity index is 700. The van der Waals surface area contributed by atoms with E-state index in [4.69, 9.17) is 9.84 Å². The Morgan fingerprint density at radius 1 is 1.10 bits per heavy atom. The Hall–Kier alpha value is -2.38. The molecule has 0 amide bonds. The summed E-state index contributed by atoms with van der Waals surface area (Å²) in [5.41, 5.74) is 2.21. The molecule has 0 fully saturated rings. The number of aliphatic hydroxyl groups is 1. The molecular weight excluding hydrogens is 274 g/mol. The first-order valence-electron chi connectivity index (χ1n) is 6.37. The first-order chi connectivity index (χ1) is 10.1. The van der Waals surface area contributed by atoms with Gasteiger partial charge in [-0.3, -0.25) is 0 Å². The maximum atomic E-state index is 13.1. The van der Waals surface area contributed by atoms with Crippen LogP contribution in [0.2, 0.25) is 0 Å². The van der Waals surface area contributed by atoms with Gasteiger partial charge in [-0.05, 0) is 48.4 Å². The molecule has 0 aliphatic rings. The van der Waals surface area contributed by atoms with E-state index >= 15 is 0 Å². The molecule has 21 heavy (non-hydrogen) atoms. The van der Waals surface area contributed by atoms with E-state index in [0.29, 0.717) is 11.3 Å². The molecule has 0 saturated heterocycles. The molecule has 2 nitrogen and oxygen atoms in total. The van der Waals surface area contributed by atoms with Crippen molar-refractivity contribution in [3.8, 4) is 17.6 Å². The minimum atomic E-state index is -0.887. The first-order valence-corrected chi connectivity index (χ1v) is 6.37. The highest BCUT2D eigenvalue weighted by molar-refractivity contribution is 5.43. The van der Waals surface area contributed by atoms with Gasteiger partial charge in [0.25, 0.3) is 0 Å². The van der Waals surface area contributed by atoms with Crippen molar-refractivity contribution in [1.29, 1.82) is 0 Å². The second-order valence-electron chi connectivity index (χ2n) is 4.48. The Labute approximate surface area is 122 Å². The van der Waals surface area contributed by atoms with Gasteiger partial charge in [0.1, 0.15) is 19.0 Å². The highest BCUT2D eigenvalue weighted by Crippen LogP contribution is 2.20. The van der Waals surface area contributed by atoms with Gasteiger partial charge in [0.2, 0.25) is 0 Å². The van der Waals surface area contributed by atoms with Crippen LogP contribution in [0.25, 0.3) is 0 Å². The van der Waals surface area contributed by atoms with Crippen LogP contribution in [0, 0.1) is 30.4 Å². The lowest BCUT2D eigenvalue weighted by Gasteiger charge is -2.09. The molecule has 4 heteroatoms. The molecular formula is C17H14F2O2. The van der Waals surface area contributed by atoms with E-state index in [2.05, 4.69) is 11.8 Å². The maximum Gasteiger partial charge on any atom is 0.159 e. The van der Waals surface area contributed by atoms with Gasteiger partial charge in [0, 0.05) is 5.56 Å². The molecule has 0 radical (unpaired) electrons. The lowest BCUT2D eigenvalue weighted by Crippen LogP contribution is -1.98. The summed E-state index contributed by atoms with van der Waals surface area (Å²) in [6.45, 7) is 1.83. The molecule has 0 unspecified atom stereocenters. The molecule has 2 aromatic rings. The van der Waals surface area contributed by atoms with Gasteiger partial charge in [-0.25, -0.2) is 8.78 Å². The molecule has 0 aliphatic carbocycles. The molecule has 0 atom stereocenters. The van der Waals surface area contributed by atoms with Crippen molar-refractivity contribution in [2.75, 3.05) is 6.61 Å². The summed E-state index contributed by atoms with van der Waals surface area (Å²) in [6, 6.07) is 9.05. The normalized spacial score (nSPS) is 9.90. The number of aryl methyl sites for hydroxylation is 1. The van der Waals surface area contributed by atoms with Crippen LogP contribution in [-0.4, -0.2) is 11.7 Å². The Kier molecular flexibility index (Phi) is 4.91. The molecule has 0 heterocycles. The Morgan fingerprint density at radius 3 is 2.57 bits per heavy atom. The minimum absolute atomic E-state index is 0.152. The van der Waals surface area contributed by atoms with E-state index in [9.17, 15) is 8.78 Å². The second kappa shape index (κ2) is 6.87. The third-order valence-electron chi connectivity index (χ3n) is 2.87. The summed E-state index contributed by atoms with van der Waals surface area (Å²) in [7, 11) is 0. The Balaban J connectivity index is 2.07. The molecule has 1 N–H and O–H groups in total. The lowest BCUT2D eigenvalue weighted by atomic mass is 10.1. The number of halogens is 2. The molecule has 0 saturated carbocycles. The van der Waals surface area contributed by atoms with Gasteiger partial charge in [0.05, 0.1) is 0 Å². The largest absolute Gasteiger partial charge is 0.489 e. The second-order valence-corrected chi connectivity index (χ2v) is 4.48. The van der Waals surface area contributed by atoms with E-state index < -0.39 is 11.6 Å². The monoisotopic (exact) mass is 288 g/mol. The van der Waals surface area contributed by atoms with E-state index in [1.54, 1.807) is 12.1 Å². The third-order valence-corrected chi connectivity index (χ3v) is 2.87.